The molecule has 0 saturated carbocycles. The summed E-state index contributed by atoms with van der Waals surface area (Å²) in [4.78, 5) is 12.1. The first-order chi connectivity index (χ1) is 10.9. The molecule has 2 atom stereocenters. The molecule has 0 bridgehead atoms. The first-order valence-corrected chi connectivity index (χ1v) is 8.05. The van der Waals surface area contributed by atoms with Crippen LogP contribution in [0.2, 0.25) is 0 Å². The summed E-state index contributed by atoms with van der Waals surface area (Å²) in [5.74, 6) is 0.405. The van der Waals surface area contributed by atoms with Crippen LogP contribution in [0.3, 0.4) is 0 Å². The SMILES string of the molecule is CC(C)c1cccc(NC(=O)NC[C@]2(CO)COC[C@@H](C)N2)c1. The molecule has 6 nitrogen and oxygen atoms in total. The van der Waals surface area contributed by atoms with Crippen molar-refractivity contribution in [2.24, 2.45) is 0 Å². The topological polar surface area (TPSA) is 82.6 Å². The predicted molar refractivity (Wildman–Crippen MR) is 90.8 cm³/mol. The van der Waals surface area contributed by atoms with Crippen molar-refractivity contribution in [3.63, 3.8) is 0 Å². The van der Waals surface area contributed by atoms with E-state index in [4.69, 9.17) is 4.74 Å². The molecule has 1 fully saturated rings. The van der Waals surface area contributed by atoms with Crippen LogP contribution in [0, 0.1) is 0 Å². The number of rotatable bonds is 5. The van der Waals surface area contributed by atoms with E-state index in [2.05, 4.69) is 29.8 Å². The van der Waals surface area contributed by atoms with E-state index >= 15 is 0 Å². The lowest BCUT2D eigenvalue weighted by molar-refractivity contribution is -0.0198. The van der Waals surface area contributed by atoms with E-state index in [0.29, 0.717) is 25.7 Å². The Hall–Kier alpha value is -1.63. The standard InChI is InChI=1S/C17H27N3O3/c1-12(2)14-5-4-6-15(7-14)19-16(22)18-9-17(10-21)11-23-8-13(3)20-17/h4-7,12-13,20-21H,8-11H2,1-3H3,(H2,18,19,22)/t13-,17+/m1/s1. The quantitative estimate of drug-likeness (QED) is 0.665. The molecule has 0 radical (unpaired) electrons. The fourth-order valence-corrected chi connectivity index (χ4v) is 2.69. The lowest BCUT2D eigenvalue weighted by Crippen LogP contribution is -2.65. The van der Waals surface area contributed by atoms with Crippen molar-refractivity contribution >= 4 is 11.7 Å². The van der Waals surface area contributed by atoms with Crippen molar-refractivity contribution in [1.29, 1.82) is 0 Å². The van der Waals surface area contributed by atoms with Crippen LogP contribution in [-0.4, -0.2) is 49.1 Å². The molecule has 23 heavy (non-hydrogen) atoms. The summed E-state index contributed by atoms with van der Waals surface area (Å²) < 4.78 is 5.49. The first kappa shape index (κ1) is 17.7. The number of aliphatic hydroxyl groups is 1. The van der Waals surface area contributed by atoms with E-state index < -0.39 is 5.54 Å². The van der Waals surface area contributed by atoms with Gasteiger partial charge in [0, 0.05) is 18.3 Å². The van der Waals surface area contributed by atoms with Gasteiger partial charge in [0.15, 0.2) is 0 Å². The zero-order valence-electron chi connectivity index (χ0n) is 14.1. The van der Waals surface area contributed by atoms with Gasteiger partial charge in [-0.3, -0.25) is 0 Å². The van der Waals surface area contributed by atoms with Crippen LogP contribution in [0.4, 0.5) is 10.5 Å². The average Bonchev–Trinajstić information content (AvgIpc) is 2.53. The molecule has 0 unspecified atom stereocenters. The first-order valence-electron chi connectivity index (χ1n) is 8.05. The average molecular weight is 321 g/mol. The van der Waals surface area contributed by atoms with Gasteiger partial charge in [-0.2, -0.15) is 0 Å². The monoisotopic (exact) mass is 321 g/mol. The number of benzene rings is 1. The van der Waals surface area contributed by atoms with E-state index in [1.807, 2.05) is 31.2 Å². The second-order valence-electron chi connectivity index (χ2n) is 6.59. The maximum Gasteiger partial charge on any atom is 0.319 e. The number of anilines is 1. The highest BCUT2D eigenvalue weighted by Gasteiger charge is 2.35. The fraction of sp³-hybridized carbons (Fsp3) is 0.588. The maximum atomic E-state index is 12.1. The van der Waals surface area contributed by atoms with Gasteiger partial charge in [-0.1, -0.05) is 26.0 Å². The van der Waals surface area contributed by atoms with Crippen molar-refractivity contribution in [3.8, 4) is 0 Å². The van der Waals surface area contributed by atoms with E-state index in [9.17, 15) is 9.90 Å². The Labute approximate surface area is 137 Å². The highest BCUT2D eigenvalue weighted by Crippen LogP contribution is 2.18. The zero-order valence-corrected chi connectivity index (χ0v) is 14.1. The molecule has 1 aliphatic rings. The van der Waals surface area contributed by atoms with Crippen LogP contribution in [0.5, 0.6) is 0 Å². The Morgan fingerprint density at radius 1 is 1.52 bits per heavy atom. The van der Waals surface area contributed by atoms with E-state index in [0.717, 1.165) is 5.69 Å². The summed E-state index contributed by atoms with van der Waals surface area (Å²) in [6.07, 6.45) is 0. The highest BCUT2D eigenvalue weighted by molar-refractivity contribution is 5.89. The summed E-state index contributed by atoms with van der Waals surface area (Å²) in [5, 5.41) is 18.6. The van der Waals surface area contributed by atoms with Crippen LogP contribution >= 0.6 is 0 Å². The Balaban J connectivity index is 1.90. The molecular weight excluding hydrogens is 294 g/mol. The second kappa shape index (κ2) is 7.77. The number of morpholine rings is 1. The molecule has 1 aliphatic heterocycles. The number of urea groups is 1. The third-order valence-corrected chi connectivity index (χ3v) is 4.00. The van der Waals surface area contributed by atoms with Crippen LogP contribution < -0.4 is 16.0 Å². The third-order valence-electron chi connectivity index (χ3n) is 4.00. The molecule has 128 valence electrons. The lowest BCUT2D eigenvalue weighted by atomic mass is 9.99. The number of ether oxygens (including phenoxy) is 1. The smallest absolute Gasteiger partial charge is 0.319 e. The Kier molecular flexibility index (Phi) is 5.98. The minimum absolute atomic E-state index is 0.0968. The van der Waals surface area contributed by atoms with Gasteiger partial charge in [-0.15, -0.1) is 0 Å². The summed E-state index contributed by atoms with van der Waals surface area (Å²) in [6.45, 7) is 7.39. The highest BCUT2D eigenvalue weighted by atomic mass is 16.5. The number of hydrogen-bond acceptors (Lipinski definition) is 4. The molecule has 1 heterocycles. The molecular formula is C17H27N3O3. The van der Waals surface area contributed by atoms with Crippen molar-refractivity contribution in [2.45, 2.75) is 38.3 Å². The van der Waals surface area contributed by atoms with Crippen molar-refractivity contribution in [1.82, 2.24) is 10.6 Å². The van der Waals surface area contributed by atoms with Gasteiger partial charge in [0.2, 0.25) is 0 Å². The number of hydrogen-bond donors (Lipinski definition) is 4. The van der Waals surface area contributed by atoms with Crippen LogP contribution in [-0.2, 0) is 4.74 Å². The summed E-state index contributed by atoms with van der Waals surface area (Å²) in [5.41, 5.74) is 1.30. The molecule has 4 N–H and O–H groups in total. The van der Waals surface area contributed by atoms with Crippen LogP contribution in [0.25, 0.3) is 0 Å². The second-order valence-corrected chi connectivity index (χ2v) is 6.59. The number of nitrogens with one attached hydrogen (secondary N) is 3. The maximum absolute atomic E-state index is 12.1. The fourth-order valence-electron chi connectivity index (χ4n) is 2.69. The number of amides is 2. The molecule has 0 aromatic heterocycles. The molecule has 1 saturated heterocycles. The van der Waals surface area contributed by atoms with Gasteiger partial charge in [0.05, 0.1) is 25.4 Å². The summed E-state index contributed by atoms with van der Waals surface area (Å²) in [6, 6.07) is 7.65. The minimum Gasteiger partial charge on any atom is -0.394 e. The lowest BCUT2D eigenvalue weighted by Gasteiger charge is -2.39. The Morgan fingerprint density at radius 3 is 2.96 bits per heavy atom. The van der Waals surface area contributed by atoms with Crippen molar-refractivity contribution < 1.29 is 14.6 Å². The predicted octanol–water partition coefficient (Wildman–Crippen LogP) is 1.67. The third kappa shape index (κ3) is 4.92. The molecule has 6 heteroatoms. The molecule has 0 spiro atoms. The molecule has 0 aliphatic carbocycles. The van der Waals surface area contributed by atoms with Crippen LogP contribution in [0.15, 0.2) is 24.3 Å². The summed E-state index contributed by atoms with van der Waals surface area (Å²) in [7, 11) is 0. The van der Waals surface area contributed by atoms with Gasteiger partial charge in [0.1, 0.15) is 0 Å². The minimum atomic E-state index is -0.630. The van der Waals surface area contributed by atoms with Gasteiger partial charge in [-0.05, 0) is 30.5 Å². The van der Waals surface area contributed by atoms with Crippen molar-refractivity contribution in [3.05, 3.63) is 29.8 Å². The number of carbonyl (C=O) groups is 1. The van der Waals surface area contributed by atoms with Gasteiger partial charge < -0.3 is 25.8 Å². The largest absolute Gasteiger partial charge is 0.394 e. The summed E-state index contributed by atoms with van der Waals surface area (Å²) >= 11 is 0. The normalized spacial score (nSPS) is 24.5. The molecule has 2 amide bonds. The van der Waals surface area contributed by atoms with E-state index in [1.54, 1.807) is 0 Å². The molecule has 1 aromatic carbocycles. The van der Waals surface area contributed by atoms with E-state index in [-0.39, 0.29) is 18.7 Å². The van der Waals surface area contributed by atoms with Gasteiger partial charge in [0.25, 0.3) is 0 Å². The van der Waals surface area contributed by atoms with Crippen LogP contribution in [0.1, 0.15) is 32.3 Å². The number of carbonyl (C=O) groups excluding carboxylic acids is 1. The molecule has 1 aromatic rings. The Morgan fingerprint density at radius 2 is 2.30 bits per heavy atom. The Bertz CT molecular complexity index is 536. The number of aliphatic hydroxyl groups excluding tert-OH is 1. The van der Waals surface area contributed by atoms with Crippen molar-refractivity contribution in [2.75, 3.05) is 31.7 Å². The molecule has 2 rings (SSSR count). The van der Waals surface area contributed by atoms with Gasteiger partial charge >= 0.3 is 6.03 Å². The van der Waals surface area contributed by atoms with Gasteiger partial charge in [-0.25, -0.2) is 4.79 Å². The van der Waals surface area contributed by atoms with E-state index in [1.165, 1.54) is 5.56 Å². The zero-order chi connectivity index (χ0) is 16.9.